The number of hydrogen-bond acceptors (Lipinski definition) is 25. The van der Waals surface area contributed by atoms with E-state index in [4.69, 9.17) is 45.0 Å². The van der Waals surface area contributed by atoms with Crippen molar-refractivity contribution in [2.45, 2.75) is 169 Å². The number of thiol groups is 1. The van der Waals surface area contributed by atoms with Crippen LogP contribution in [0.15, 0.2) is 113 Å². The molecule has 1 aliphatic heterocycles. The second kappa shape index (κ2) is 59.7. The molecule has 0 unspecified atom stereocenters. The Morgan fingerprint density at radius 1 is 0.421 bits per heavy atom. The van der Waals surface area contributed by atoms with Gasteiger partial charge in [-0.25, -0.2) is 15.0 Å². The highest BCUT2D eigenvalue weighted by Gasteiger charge is 2.30. The first-order valence-electron chi connectivity index (χ1n) is 47.8. The van der Waals surface area contributed by atoms with E-state index in [0.29, 0.717) is 138 Å². The van der Waals surface area contributed by atoms with E-state index in [0.717, 1.165) is 53.8 Å². The number of carbonyl (C=O) groups excluding carboxylic acids is 11. The second-order valence-corrected chi connectivity index (χ2v) is 35.2. The highest BCUT2D eigenvalue weighted by Crippen LogP contribution is 2.34. The molecular weight excluding hydrogens is 1840 g/mol. The number of anilines is 6. The number of unbranched alkanes of at least 4 members (excludes halogenated alkanes) is 12. The van der Waals surface area contributed by atoms with Crippen LogP contribution in [0.25, 0.3) is 6.20 Å². The van der Waals surface area contributed by atoms with Crippen LogP contribution in [0.3, 0.4) is 0 Å². The number of hydrogen-bond donors (Lipinski definition) is 12. The van der Waals surface area contributed by atoms with E-state index in [2.05, 4.69) is 108 Å². The van der Waals surface area contributed by atoms with Crippen LogP contribution in [-0.4, -0.2) is 254 Å². The standard InChI is InChI=1S/C97H137ClN24O17S/c1-11-12-13-14-15-16-17-18-19-20-21-22-23-26-84(125)108-79-64-120(9)91(112-79)96(132)105-72-57-77(117(6)60-72)94(130)102-43-37-86(127)110-81-65-121(10)92(113-81)97(133)106-73-58-78(118(7)61-73)93(129)101-42-36-85(126)109-80-63-119(8)90(111-80)95(131)103-41-35-82(123)99-39-24-44-116(5)45-25-40-100-83(124)38-46-134-47-48-135-49-50-136-51-52-137-53-54-138-55-56-139-74-33-31-71(32-34-74)104-87(128)59-76-89-115-114-68(4)122(89)62-75(66(2)67(3)140)88(107-76)69-27-29-70(98)30-28-69/h27-34,57-58,60-65,76,140H,11-26,35-56,59H2,1-10H3,(H,99,123)(H,100,124)(H,101,129)(H,102,130)(H,103,131)(H,104,128)(H,105,132)(H,106,133)(H,108,125)(H,109,126)(H,110,127)/b67-66-/t76-/m0/s1. The topological polar surface area (TPSA) is 485 Å². The number of nitrogens with zero attached hydrogens (tertiary/aromatic N) is 13. The SMILES string of the molecule is CCCCCCCCCCCCCCCC(=O)Nc1cn(C)c(C(=O)Nc2cc(C(=O)NCCC(=O)Nc3cn(C)c(C(=O)Nc4cc(C(=O)NCCC(=O)Nc5cn(C)c(C(=O)NCCC(=O)NCCCN(C)CCCNC(=O)CCOCCOCCOCCOCCOCCOc6ccc(NC(=O)C[C@@H]7N=C(c8ccc(Cl)cc8)C(/C(C)=C(/C)S)=Cn8c(C)nnc87)cc6)n5)n(C)c4)n3)n(C)c2)n1. The van der Waals surface area contributed by atoms with Crippen molar-refractivity contribution in [2.24, 2.45) is 40.2 Å². The third-order valence-electron chi connectivity index (χ3n) is 22.6. The van der Waals surface area contributed by atoms with Crippen LogP contribution >= 0.6 is 24.2 Å². The third-order valence-corrected chi connectivity index (χ3v) is 23.1. The van der Waals surface area contributed by atoms with Gasteiger partial charge in [0.2, 0.25) is 52.9 Å². The summed E-state index contributed by atoms with van der Waals surface area (Å²) < 4.78 is 43.0. The summed E-state index contributed by atoms with van der Waals surface area (Å²) in [5, 5.41) is 39.6. The molecule has 43 heteroatoms. The maximum atomic E-state index is 13.6. The van der Waals surface area contributed by atoms with Crippen molar-refractivity contribution < 1.29 is 81.2 Å². The molecule has 11 N–H and O–H groups in total. The molecule has 0 radical (unpaired) electrons. The molecule has 41 nitrogen and oxygen atoms in total. The third kappa shape index (κ3) is 38.5. The summed E-state index contributed by atoms with van der Waals surface area (Å²) in [6, 6.07) is 16.8. The summed E-state index contributed by atoms with van der Waals surface area (Å²) >= 11 is 10.9. The van der Waals surface area contributed by atoms with Crippen molar-refractivity contribution in [1.29, 1.82) is 0 Å². The molecule has 7 heterocycles. The van der Waals surface area contributed by atoms with Crippen molar-refractivity contribution in [2.75, 3.05) is 157 Å². The number of aryl methyl sites for hydroxylation is 6. The number of amides is 11. The Labute approximate surface area is 827 Å². The quantitative estimate of drug-likeness (QED) is 0.0124. The lowest BCUT2D eigenvalue weighted by molar-refractivity contribution is -0.122. The number of aromatic nitrogens is 11. The minimum atomic E-state index is -0.651. The molecule has 140 heavy (non-hydrogen) atoms. The lowest BCUT2D eigenvalue weighted by Gasteiger charge is -2.16. The number of benzene rings is 2. The Bertz CT molecular complexity index is 5500. The lowest BCUT2D eigenvalue weighted by Crippen LogP contribution is -2.33. The van der Waals surface area contributed by atoms with Gasteiger partial charge in [-0.3, -0.25) is 62.3 Å². The van der Waals surface area contributed by atoms with Crippen LogP contribution in [0.2, 0.25) is 5.02 Å². The summed E-state index contributed by atoms with van der Waals surface area (Å²) in [6.45, 7) is 14.2. The molecule has 760 valence electrons. The van der Waals surface area contributed by atoms with E-state index in [1.54, 1.807) is 71.9 Å². The fraction of sp³-hybridized carbons (Fsp3) is 0.515. The predicted molar refractivity (Wildman–Crippen MR) is 537 cm³/mol. The van der Waals surface area contributed by atoms with Crippen LogP contribution < -0.4 is 63.2 Å². The van der Waals surface area contributed by atoms with E-state index in [-0.39, 0.29) is 134 Å². The van der Waals surface area contributed by atoms with Gasteiger partial charge in [-0.2, -0.15) is 0 Å². The normalized spacial score (nSPS) is 12.5. The fourth-order valence-electron chi connectivity index (χ4n) is 14.9. The Balaban J connectivity index is 0.522. The summed E-state index contributed by atoms with van der Waals surface area (Å²) in [5.74, 6) is -2.37. The molecule has 1 atom stereocenters. The van der Waals surface area contributed by atoms with Crippen LogP contribution in [-0.2, 0) is 87.7 Å². The zero-order valence-electron chi connectivity index (χ0n) is 82.0. The largest absolute Gasteiger partial charge is 0.491 e. The van der Waals surface area contributed by atoms with Crippen molar-refractivity contribution in [1.82, 2.24) is 84.0 Å². The Kier molecular flexibility index (Phi) is 47.3. The van der Waals surface area contributed by atoms with E-state index in [1.165, 1.54) is 118 Å². The van der Waals surface area contributed by atoms with E-state index >= 15 is 0 Å². The van der Waals surface area contributed by atoms with Crippen LogP contribution in [0.4, 0.5) is 34.5 Å². The van der Waals surface area contributed by atoms with Gasteiger partial charge < -0.3 is 115 Å². The molecule has 0 spiro atoms. The summed E-state index contributed by atoms with van der Waals surface area (Å²) in [5.41, 5.74) is 4.82. The molecule has 6 aromatic heterocycles. The molecule has 0 saturated heterocycles. The number of carbonyl (C=O) groups is 11. The van der Waals surface area contributed by atoms with Crippen LogP contribution in [0.5, 0.6) is 5.75 Å². The monoisotopic (exact) mass is 1980 g/mol. The number of aliphatic imine (C=N–C) groups is 1. The molecule has 0 bridgehead atoms. The van der Waals surface area contributed by atoms with Gasteiger partial charge in [-0.15, -0.1) is 22.8 Å². The Morgan fingerprint density at radius 2 is 0.843 bits per heavy atom. The molecule has 1 aliphatic rings. The number of halogens is 1. The van der Waals surface area contributed by atoms with Crippen molar-refractivity contribution in [3.8, 4) is 5.75 Å². The molecule has 8 aromatic rings. The number of imidazole rings is 3. The zero-order chi connectivity index (χ0) is 101. The lowest BCUT2D eigenvalue weighted by atomic mass is 9.97. The smallest absolute Gasteiger partial charge is 0.291 e. The number of fused-ring (bicyclic) bond motifs is 1. The Morgan fingerprint density at radius 3 is 1.31 bits per heavy atom. The van der Waals surface area contributed by atoms with Gasteiger partial charge in [-0.1, -0.05) is 108 Å². The van der Waals surface area contributed by atoms with E-state index in [1.807, 2.05) is 62.9 Å². The molecular formula is C97H137ClN24O17S. The average Bonchev–Trinajstić information content (AvgIpc) is 1.63. The number of allylic oxidation sites excluding steroid dienone is 3. The number of nitrogens with one attached hydrogen (secondary N) is 11. The van der Waals surface area contributed by atoms with E-state index in [9.17, 15) is 52.7 Å². The van der Waals surface area contributed by atoms with Gasteiger partial charge in [0.25, 0.3) is 29.5 Å². The molecule has 0 saturated carbocycles. The van der Waals surface area contributed by atoms with Gasteiger partial charge in [0.15, 0.2) is 23.3 Å². The van der Waals surface area contributed by atoms with Gasteiger partial charge in [0, 0.05) is 159 Å². The highest BCUT2D eigenvalue weighted by molar-refractivity contribution is 7.84. The van der Waals surface area contributed by atoms with Crippen molar-refractivity contribution in [3.63, 3.8) is 0 Å². The molecule has 11 amide bonds. The molecule has 9 rings (SSSR count). The summed E-state index contributed by atoms with van der Waals surface area (Å²) in [6.07, 6.45) is 26.9. The Hall–Kier alpha value is -12.7. The fourth-order valence-corrected chi connectivity index (χ4v) is 15.1. The van der Waals surface area contributed by atoms with Crippen LogP contribution in [0.1, 0.15) is 232 Å². The highest BCUT2D eigenvalue weighted by atomic mass is 35.5. The summed E-state index contributed by atoms with van der Waals surface area (Å²) in [7, 11) is 9.96. The zero-order valence-corrected chi connectivity index (χ0v) is 83.6. The number of rotatable bonds is 65. The minimum Gasteiger partial charge on any atom is -0.491 e. The second-order valence-electron chi connectivity index (χ2n) is 34.1. The molecule has 0 fully saturated rings. The van der Waals surface area contributed by atoms with Gasteiger partial charge >= 0.3 is 0 Å². The van der Waals surface area contributed by atoms with Gasteiger partial charge in [-0.05, 0) is 119 Å². The van der Waals surface area contributed by atoms with Crippen molar-refractivity contribution >= 4 is 136 Å². The first-order chi connectivity index (χ1) is 67.5. The number of ether oxygens (including phenoxy) is 6. The first-order valence-corrected chi connectivity index (χ1v) is 48.6. The minimum absolute atomic E-state index is 0.00793. The summed E-state index contributed by atoms with van der Waals surface area (Å²) in [4.78, 5) is 164. The first kappa shape index (κ1) is 111. The molecule has 0 aliphatic carbocycles. The van der Waals surface area contributed by atoms with Gasteiger partial charge in [0.1, 0.15) is 35.6 Å². The average molecular weight is 1980 g/mol. The van der Waals surface area contributed by atoms with E-state index < -0.39 is 47.4 Å². The predicted octanol–water partition coefficient (Wildman–Crippen LogP) is 10.8. The van der Waals surface area contributed by atoms with Crippen LogP contribution in [0, 0.1) is 6.92 Å². The van der Waals surface area contributed by atoms with Crippen molar-refractivity contribution in [3.05, 3.63) is 159 Å². The molecule has 2 aromatic carbocycles. The van der Waals surface area contributed by atoms with Gasteiger partial charge in [0.05, 0.1) is 89.6 Å². The maximum Gasteiger partial charge on any atom is 0.291 e. The maximum absolute atomic E-state index is 13.6.